The van der Waals surface area contributed by atoms with Gasteiger partial charge in [-0.2, -0.15) is 0 Å². The van der Waals surface area contributed by atoms with Gasteiger partial charge in [0.2, 0.25) is 0 Å². The zero-order chi connectivity index (χ0) is 17.1. The minimum Gasteiger partial charge on any atom is -0.378 e. The van der Waals surface area contributed by atoms with Crippen LogP contribution in [0.2, 0.25) is 0 Å². The van der Waals surface area contributed by atoms with Gasteiger partial charge in [0.15, 0.2) is 0 Å². The van der Waals surface area contributed by atoms with E-state index in [2.05, 4.69) is 4.98 Å². The summed E-state index contributed by atoms with van der Waals surface area (Å²) in [4.78, 5) is 19.2. The normalized spacial score (nSPS) is 19.6. The summed E-state index contributed by atoms with van der Waals surface area (Å²) in [5.74, 6) is 0.807. The molecule has 132 valence electrons. The molecule has 2 heterocycles. The Hall–Kier alpha value is -1.94. The number of carbonyl (C=O) groups is 1. The van der Waals surface area contributed by atoms with Gasteiger partial charge in [0.1, 0.15) is 5.69 Å². The van der Waals surface area contributed by atoms with Crippen LogP contribution in [0.25, 0.3) is 10.9 Å². The highest BCUT2D eigenvalue weighted by molar-refractivity contribution is 5.94. The number of fused-ring (bicyclic) bond motifs is 1. The van der Waals surface area contributed by atoms with E-state index >= 15 is 0 Å². The number of likely N-dealkylation sites (tertiary alicyclic amines) is 1. The Kier molecular flexibility index (Phi) is 4.97. The molecule has 0 radical (unpaired) electrons. The summed E-state index contributed by atoms with van der Waals surface area (Å²) in [6.45, 7) is 2.44. The number of aromatic nitrogens is 1. The molecule has 1 aliphatic carbocycles. The highest BCUT2D eigenvalue weighted by Gasteiger charge is 2.26. The van der Waals surface area contributed by atoms with Crippen LogP contribution < -0.4 is 0 Å². The lowest BCUT2D eigenvalue weighted by Crippen LogP contribution is -2.41. The van der Waals surface area contributed by atoms with Gasteiger partial charge in [-0.25, -0.2) is 4.98 Å². The number of hydrogen-bond acceptors (Lipinski definition) is 3. The summed E-state index contributed by atoms with van der Waals surface area (Å²) in [5.41, 5.74) is 1.42. The third-order valence-electron chi connectivity index (χ3n) is 5.59. The number of ether oxygens (including phenoxy) is 1. The topological polar surface area (TPSA) is 42.4 Å². The molecule has 1 aromatic carbocycles. The molecule has 1 amide bonds. The Bertz CT molecular complexity index is 732. The Morgan fingerprint density at radius 3 is 2.60 bits per heavy atom. The third-order valence-corrected chi connectivity index (χ3v) is 5.59. The molecular formula is C21H26N2O2. The molecule has 1 aromatic heterocycles. The lowest BCUT2D eigenvalue weighted by atomic mass is 10.1. The van der Waals surface area contributed by atoms with Crippen LogP contribution in [0.15, 0.2) is 36.4 Å². The summed E-state index contributed by atoms with van der Waals surface area (Å²) >= 11 is 0. The first-order valence-electron chi connectivity index (χ1n) is 9.56. The van der Waals surface area contributed by atoms with E-state index in [1.807, 2.05) is 41.3 Å². The molecule has 0 N–H and O–H groups in total. The Labute approximate surface area is 149 Å². The van der Waals surface area contributed by atoms with Crippen LogP contribution in [-0.4, -0.2) is 41.6 Å². The van der Waals surface area contributed by atoms with Crippen LogP contribution in [0.4, 0.5) is 0 Å². The van der Waals surface area contributed by atoms with Crippen LogP contribution in [0.3, 0.4) is 0 Å². The molecule has 1 aliphatic heterocycles. The highest BCUT2D eigenvalue weighted by atomic mass is 16.5. The van der Waals surface area contributed by atoms with Gasteiger partial charge in [0.05, 0.1) is 11.6 Å². The van der Waals surface area contributed by atoms with Gasteiger partial charge in [0.25, 0.3) is 5.91 Å². The second kappa shape index (κ2) is 7.52. The number of benzene rings is 1. The molecule has 0 spiro atoms. The molecular weight excluding hydrogens is 312 g/mol. The number of nitrogens with zero attached hydrogens (tertiary/aromatic N) is 2. The number of pyridine rings is 1. The maximum atomic E-state index is 12.7. The average molecular weight is 338 g/mol. The minimum atomic E-state index is 0.0417. The van der Waals surface area contributed by atoms with Crippen LogP contribution in [0, 0.1) is 5.92 Å². The third kappa shape index (κ3) is 3.84. The smallest absolute Gasteiger partial charge is 0.272 e. The predicted molar refractivity (Wildman–Crippen MR) is 98.6 cm³/mol. The molecule has 2 aliphatic rings. The van der Waals surface area contributed by atoms with Gasteiger partial charge in [-0.05, 0) is 43.7 Å². The molecule has 0 unspecified atom stereocenters. The number of rotatable bonds is 4. The molecule has 0 bridgehead atoms. The van der Waals surface area contributed by atoms with E-state index in [1.165, 1.54) is 25.7 Å². The van der Waals surface area contributed by atoms with E-state index in [0.29, 0.717) is 11.8 Å². The first-order valence-corrected chi connectivity index (χ1v) is 9.56. The average Bonchev–Trinajstić information content (AvgIpc) is 3.19. The van der Waals surface area contributed by atoms with Crippen molar-refractivity contribution in [1.82, 2.24) is 9.88 Å². The summed E-state index contributed by atoms with van der Waals surface area (Å²) in [7, 11) is 0. The largest absolute Gasteiger partial charge is 0.378 e. The lowest BCUT2D eigenvalue weighted by molar-refractivity contribution is -0.00603. The van der Waals surface area contributed by atoms with Crippen LogP contribution in [0.5, 0.6) is 0 Å². The minimum absolute atomic E-state index is 0.0417. The summed E-state index contributed by atoms with van der Waals surface area (Å²) in [6, 6.07) is 11.7. The van der Waals surface area contributed by atoms with Crippen LogP contribution in [0.1, 0.15) is 49.0 Å². The van der Waals surface area contributed by atoms with Crippen molar-refractivity contribution in [3.8, 4) is 0 Å². The van der Waals surface area contributed by atoms with Crippen LogP contribution >= 0.6 is 0 Å². The fraction of sp³-hybridized carbons (Fsp3) is 0.524. The molecule has 2 aromatic rings. The zero-order valence-corrected chi connectivity index (χ0v) is 14.7. The summed E-state index contributed by atoms with van der Waals surface area (Å²) in [6.07, 6.45) is 7.56. The molecule has 1 saturated carbocycles. The van der Waals surface area contributed by atoms with E-state index in [9.17, 15) is 4.79 Å². The SMILES string of the molecule is O=C(c1ccc2ccccc2n1)N1CCC(OCC2CCCC2)CC1. The molecule has 4 nitrogen and oxygen atoms in total. The Morgan fingerprint density at radius 2 is 1.80 bits per heavy atom. The van der Waals surface area contributed by atoms with Gasteiger partial charge in [-0.3, -0.25) is 4.79 Å². The first kappa shape index (κ1) is 16.5. The number of para-hydroxylation sites is 1. The fourth-order valence-corrected chi connectivity index (χ4v) is 4.02. The number of piperidine rings is 1. The summed E-state index contributed by atoms with van der Waals surface area (Å²) in [5, 5.41) is 1.07. The molecule has 25 heavy (non-hydrogen) atoms. The quantitative estimate of drug-likeness (QED) is 0.845. The molecule has 2 fully saturated rings. The Balaban J connectivity index is 1.32. The number of amides is 1. The van der Waals surface area contributed by atoms with Crippen molar-refractivity contribution in [3.05, 3.63) is 42.1 Å². The second-order valence-electron chi connectivity index (χ2n) is 7.36. The lowest BCUT2D eigenvalue weighted by Gasteiger charge is -2.32. The van der Waals surface area contributed by atoms with E-state index in [-0.39, 0.29) is 5.91 Å². The van der Waals surface area contributed by atoms with Gasteiger partial charge >= 0.3 is 0 Å². The number of carbonyl (C=O) groups excluding carboxylic acids is 1. The highest BCUT2D eigenvalue weighted by Crippen LogP contribution is 2.26. The van der Waals surface area contributed by atoms with Gasteiger partial charge in [0, 0.05) is 25.1 Å². The fourth-order valence-electron chi connectivity index (χ4n) is 4.02. The summed E-state index contributed by atoms with van der Waals surface area (Å²) < 4.78 is 6.10. The van der Waals surface area contributed by atoms with Crippen molar-refractivity contribution in [2.75, 3.05) is 19.7 Å². The van der Waals surface area contributed by atoms with Crippen molar-refractivity contribution in [2.45, 2.75) is 44.6 Å². The van der Waals surface area contributed by atoms with E-state index in [1.54, 1.807) is 0 Å². The van der Waals surface area contributed by atoms with E-state index in [0.717, 1.165) is 49.4 Å². The maximum Gasteiger partial charge on any atom is 0.272 e. The molecule has 1 saturated heterocycles. The first-order chi connectivity index (χ1) is 12.3. The van der Waals surface area contributed by atoms with Gasteiger partial charge < -0.3 is 9.64 Å². The maximum absolute atomic E-state index is 12.7. The van der Waals surface area contributed by atoms with Gasteiger partial charge in [-0.15, -0.1) is 0 Å². The van der Waals surface area contributed by atoms with Crippen molar-refractivity contribution in [1.29, 1.82) is 0 Å². The van der Waals surface area contributed by atoms with Crippen molar-refractivity contribution in [3.63, 3.8) is 0 Å². The second-order valence-corrected chi connectivity index (χ2v) is 7.36. The predicted octanol–water partition coefficient (Wildman–Crippen LogP) is 4.05. The molecule has 0 atom stereocenters. The van der Waals surface area contributed by atoms with Crippen molar-refractivity contribution in [2.24, 2.45) is 5.92 Å². The number of hydrogen-bond donors (Lipinski definition) is 0. The van der Waals surface area contributed by atoms with E-state index in [4.69, 9.17) is 4.74 Å². The molecule has 4 rings (SSSR count). The van der Waals surface area contributed by atoms with Crippen molar-refractivity contribution < 1.29 is 9.53 Å². The van der Waals surface area contributed by atoms with Crippen molar-refractivity contribution >= 4 is 16.8 Å². The zero-order valence-electron chi connectivity index (χ0n) is 14.7. The standard InChI is InChI=1S/C21H26N2O2/c24-21(20-10-9-17-7-3-4-8-19(17)22-20)23-13-11-18(12-14-23)25-15-16-5-1-2-6-16/h3-4,7-10,16,18H,1-2,5-6,11-15H2. The molecule has 4 heteroatoms. The van der Waals surface area contributed by atoms with Gasteiger partial charge in [-0.1, -0.05) is 37.1 Å². The van der Waals surface area contributed by atoms with Crippen LogP contribution in [-0.2, 0) is 4.74 Å². The Morgan fingerprint density at radius 1 is 1.04 bits per heavy atom. The monoisotopic (exact) mass is 338 g/mol. The van der Waals surface area contributed by atoms with E-state index < -0.39 is 0 Å².